The summed E-state index contributed by atoms with van der Waals surface area (Å²) in [7, 11) is 0. The molecule has 1 saturated heterocycles. The number of benzene rings is 1. The Labute approximate surface area is 112 Å². The fraction of sp³-hybridized carbons (Fsp3) is 0.462. The predicted octanol–water partition coefficient (Wildman–Crippen LogP) is 2.38. The molecule has 1 atom stereocenters. The quantitative estimate of drug-likeness (QED) is 0.788. The third-order valence-corrected chi connectivity index (χ3v) is 3.55. The fourth-order valence-electron chi connectivity index (χ4n) is 1.97. The van der Waals surface area contributed by atoms with Gasteiger partial charge < -0.3 is 16.0 Å². The highest BCUT2D eigenvalue weighted by atomic mass is 35.5. The van der Waals surface area contributed by atoms with E-state index in [2.05, 4.69) is 16.0 Å². The Kier molecular flexibility index (Phi) is 4.44. The number of anilines is 1. The third kappa shape index (κ3) is 3.62. The van der Waals surface area contributed by atoms with Gasteiger partial charge >= 0.3 is 6.03 Å². The summed E-state index contributed by atoms with van der Waals surface area (Å²) in [5.41, 5.74) is 1.72. The van der Waals surface area contributed by atoms with Gasteiger partial charge in [-0.3, -0.25) is 0 Å². The Morgan fingerprint density at radius 2 is 2.39 bits per heavy atom. The average Bonchev–Trinajstić information content (AvgIpc) is 2.84. The van der Waals surface area contributed by atoms with Gasteiger partial charge in [-0.1, -0.05) is 17.7 Å². The van der Waals surface area contributed by atoms with E-state index in [1.54, 1.807) is 6.07 Å². The Bertz CT molecular complexity index is 430. The number of rotatable bonds is 3. The number of amides is 2. The van der Waals surface area contributed by atoms with Gasteiger partial charge in [-0.2, -0.15) is 0 Å². The summed E-state index contributed by atoms with van der Waals surface area (Å²) in [6, 6.07) is 5.31. The standard InChI is InChI=1S/C13H18ClN3O/c1-9-2-3-11(6-12(9)14)17-13(18)16-8-10-4-5-15-7-10/h2-3,6,10,15H,4-5,7-8H2,1H3,(H2,16,17,18). The van der Waals surface area contributed by atoms with E-state index in [1.807, 2.05) is 19.1 Å². The van der Waals surface area contributed by atoms with Crippen LogP contribution in [0, 0.1) is 12.8 Å². The van der Waals surface area contributed by atoms with E-state index >= 15 is 0 Å². The van der Waals surface area contributed by atoms with Crippen LogP contribution in [0.3, 0.4) is 0 Å². The van der Waals surface area contributed by atoms with Crippen molar-refractivity contribution >= 4 is 23.3 Å². The van der Waals surface area contributed by atoms with Crippen LogP contribution in [0.5, 0.6) is 0 Å². The van der Waals surface area contributed by atoms with Crippen LogP contribution in [0.15, 0.2) is 18.2 Å². The van der Waals surface area contributed by atoms with E-state index in [0.717, 1.165) is 25.1 Å². The fourth-order valence-corrected chi connectivity index (χ4v) is 2.15. The van der Waals surface area contributed by atoms with Crippen molar-refractivity contribution in [1.82, 2.24) is 10.6 Å². The molecule has 0 spiro atoms. The van der Waals surface area contributed by atoms with E-state index in [0.29, 0.717) is 23.2 Å². The molecule has 1 aromatic rings. The summed E-state index contributed by atoms with van der Waals surface area (Å²) in [6.45, 7) is 4.66. The molecule has 0 radical (unpaired) electrons. The molecule has 0 bridgehead atoms. The summed E-state index contributed by atoms with van der Waals surface area (Å²) in [5.74, 6) is 0.539. The minimum atomic E-state index is -0.179. The molecule has 3 N–H and O–H groups in total. The average molecular weight is 268 g/mol. The summed E-state index contributed by atoms with van der Waals surface area (Å²) < 4.78 is 0. The van der Waals surface area contributed by atoms with Crippen molar-refractivity contribution in [1.29, 1.82) is 0 Å². The third-order valence-electron chi connectivity index (χ3n) is 3.14. The number of aryl methyl sites for hydroxylation is 1. The molecule has 0 aromatic heterocycles. The van der Waals surface area contributed by atoms with Gasteiger partial charge in [0.05, 0.1) is 0 Å². The molecule has 1 aliphatic rings. The lowest BCUT2D eigenvalue weighted by molar-refractivity contribution is 0.250. The van der Waals surface area contributed by atoms with E-state index in [4.69, 9.17) is 11.6 Å². The molecular formula is C13H18ClN3O. The van der Waals surface area contributed by atoms with Crippen molar-refractivity contribution in [3.63, 3.8) is 0 Å². The first kappa shape index (κ1) is 13.2. The maximum atomic E-state index is 11.7. The molecule has 98 valence electrons. The predicted molar refractivity (Wildman–Crippen MR) is 74.2 cm³/mol. The summed E-state index contributed by atoms with van der Waals surface area (Å²) in [4.78, 5) is 11.7. The van der Waals surface area contributed by atoms with Crippen LogP contribution in [-0.2, 0) is 0 Å². The van der Waals surface area contributed by atoms with Gasteiger partial charge in [0.15, 0.2) is 0 Å². The molecule has 2 amide bonds. The molecule has 2 rings (SSSR count). The normalized spacial score (nSPS) is 18.7. The van der Waals surface area contributed by atoms with Crippen molar-refractivity contribution in [3.8, 4) is 0 Å². The lowest BCUT2D eigenvalue weighted by Gasteiger charge is -2.11. The van der Waals surface area contributed by atoms with Crippen molar-refractivity contribution in [3.05, 3.63) is 28.8 Å². The highest BCUT2D eigenvalue weighted by molar-refractivity contribution is 6.31. The molecule has 4 nitrogen and oxygen atoms in total. The first-order valence-corrected chi connectivity index (χ1v) is 6.54. The highest BCUT2D eigenvalue weighted by Crippen LogP contribution is 2.19. The SMILES string of the molecule is Cc1ccc(NC(=O)NCC2CCNC2)cc1Cl. The second-order valence-electron chi connectivity index (χ2n) is 4.66. The molecule has 1 unspecified atom stereocenters. The first-order valence-electron chi connectivity index (χ1n) is 6.17. The van der Waals surface area contributed by atoms with Crippen LogP contribution in [0.4, 0.5) is 10.5 Å². The van der Waals surface area contributed by atoms with Crippen molar-refractivity contribution in [2.24, 2.45) is 5.92 Å². The lowest BCUT2D eigenvalue weighted by atomic mass is 10.1. The molecule has 1 aromatic carbocycles. The summed E-state index contributed by atoms with van der Waals surface area (Å²) in [6.07, 6.45) is 1.12. The van der Waals surface area contributed by atoms with Gasteiger partial charge in [-0.15, -0.1) is 0 Å². The molecular weight excluding hydrogens is 250 g/mol. The molecule has 5 heteroatoms. The second kappa shape index (κ2) is 6.07. The van der Waals surface area contributed by atoms with Gasteiger partial charge in [-0.25, -0.2) is 4.79 Å². The zero-order chi connectivity index (χ0) is 13.0. The zero-order valence-electron chi connectivity index (χ0n) is 10.4. The smallest absolute Gasteiger partial charge is 0.319 e. The van der Waals surface area contributed by atoms with Crippen molar-refractivity contribution < 1.29 is 4.79 Å². The van der Waals surface area contributed by atoms with Gasteiger partial charge in [0.25, 0.3) is 0 Å². The van der Waals surface area contributed by atoms with Gasteiger partial charge in [0, 0.05) is 17.3 Å². The molecule has 0 aliphatic carbocycles. The van der Waals surface area contributed by atoms with Crippen LogP contribution >= 0.6 is 11.6 Å². The van der Waals surface area contributed by atoms with E-state index in [1.165, 1.54) is 0 Å². The van der Waals surface area contributed by atoms with E-state index in [9.17, 15) is 4.79 Å². The molecule has 1 heterocycles. The summed E-state index contributed by atoms with van der Waals surface area (Å²) >= 11 is 6.00. The van der Waals surface area contributed by atoms with Crippen molar-refractivity contribution in [2.75, 3.05) is 25.0 Å². The van der Waals surface area contributed by atoms with Gasteiger partial charge in [0.1, 0.15) is 0 Å². The number of carbonyl (C=O) groups is 1. The summed E-state index contributed by atoms with van der Waals surface area (Å²) in [5, 5.41) is 9.58. The monoisotopic (exact) mass is 267 g/mol. The van der Waals surface area contributed by atoms with Crippen molar-refractivity contribution in [2.45, 2.75) is 13.3 Å². The van der Waals surface area contributed by atoms with Crippen LogP contribution in [-0.4, -0.2) is 25.7 Å². The topological polar surface area (TPSA) is 53.2 Å². The van der Waals surface area contributed by atoms with Gasteiger partial charge in [-0.05, 0) is 50.0 Å². The minimum Gasteiger partial charge on any atom is -0.338 e. The number of hydrogen-bond donors (Lipinski definition) is 3. The van der Waals surface area contributed by atoms with Crippen LogP contribution < -0.4 is 16.0 Å². The zero-order valence-corrected chi connectivity index (χ0v) is 11.2. The van der Waals surface area contributed by atoms with Gasteiger partial charge in [0.2, 0.25) is 0 Å². The Hall–Kier alpha value is -1.26. The minimum absolute atomic E-state index is 0.179. The molecule has 1 aliphatic heterocycles. The second-order valence-corrected chi connectivity index (χ2v) is 5.07. The molecule has 1 fully saturated rings. The Morgan fingerprint density at radius 1 is 1.56 bits per heavy atom. The molecule has 18 heavy (non-hydrogen) atoms. The number of hydrogen-bond acceptors (Lipinski definition) is 2. The van der Waals surface area contributed by atoms with E-state index < -0.39 is 0 Å². The van der Waals surface area contributed by atoms with Crippen LogP contribution in [0.2, 0.25) is 5.02 Å². The Balaban J connectivity index is 1.80. The largest absolute Gasteiger partial charge is 0.338 e. The first-order chi connectivity index (χ1) is 8.65. The number of nitrogens with one attached hydrogen (secondary N) is 3. The van der Waals surface area contributed by atoms with Crippen LogP contribution in [0.25, 0.3) is 0 Å². The number of carbonyl (C=O) groups excluding carboxylic acids is 1. The number of halogens is 1. The maximum absolute atomic E-state index is 11.7. The number of urea groups is 1. The van der Waals surface area contributed by atoms with Crippen LogP contribution in [0.1, 0.15) is 12.0 Å². The Morgan fingerprint density at radius 3 is 3.06 bits per heavy atom. The molecule has 0 saturated carbocycles. The maximum Gasteiger partial charge on any atom is 0.319 e. The van der Waals surface area contributed by atoms with E-state index in [-0.39, 0.29) is 6.03 Å². The highest BCUT2D eigenvalue weighted by Gasteiger charge is 2.15. The lowest BCUT2D eigenvalue weighted by Crippen LogP contribution is -2.33.